The van der Waals surface area contributed by atoms with Crippen LogP contribution in [0.5, 0.6) is 0 Å². The molecule has 5 rings (SSSR count). The Labute approximate surface area is 112 Å². The van der Waals surface area contributed by atoms with Crippen molar-refractivity contribution in [3.05, 3.63) is 48.2 Å². The first-order chi connectivity index (χ1) is 9.42. The summed E-state index contributed by atoms with van der Waals surface area (Å²) in [6, 6.07) is 12.5. The summed E-state index contributed by atoms with van der Waals surface area (Å²) in [5, 5.41) is 1.19. The van der Waals surface area contributed by atoms with Crippen LogP contribution in [0.2, 0.25) is 0 Å². The number of nitrogens with zero attached hydrogens (tertiary/aromatic N) is 2. The number of thiophene rings is 1. The lowest BCUT2D eigenvalue weighted by Crippen LogP contribution is -2.30. The molecule has 19 heavy (non-hydrogen) atoms. The summed E-state index contributed by atoms with van der Waals surface area (Å²) >= 11 is 1.62. The van der Waals surface area contributed by atoms with Crippen LogP contribution in [0, 0.1) is 0 Å². The van der Waals surface area contributed by atoms with Crippen molar-refractivity contribution >= 4 is 32.0 Å². The maximum Gasteiger partial charge on any atom is 0.383 e. The normalized spacial score (nSPS) is 13.1. The topological polar surface area (TPSA) is 29.9 Å². The summed E-state index contributed by atoms with van der Waals surface area (Å²) in [6.07, 6.45) is 1.83. The molecule has 0 bridgehead atoms. The molecule has 3 nitrogen and oxygen atoms in total. The second kappa shape index (κ2) is 3.22. The Morgan fingerprint density at radius 3 is 3.11 bits per heavy atom. The van der Waals surface area contributed by atoms with E-state index in [1.54, 1.807) is 11.3 Å². The molecule has 0 radical (unpaired) electrons. The van der Waals surface area contributed by atoms with Gasteiger partial charge in [0.25, 0.3) is 10.4 Å². The van der Waals surface area contributed by atoms with Crippen LogP contribution in [-0.4, -0.2) is 4.98 Å². The molecule has 1 aromatic carbocycles. The van der Waals surface area contributed by atoms with Crippen molar-refractivity contribution in [2.75, 3.05) is 0 Å². The summed E-state index contributed by atoms with van der Waals surface area (Å²) in [5.41, 5.74) is 3.72. The van der Waals surface area contributed by atoms with Gasteiger partial charge in [-0.2, -0.15) is 4.57 Å². The van der Waals surface area contributed by atoms with Crippen molar-refractivity contribution in [2.24, 2.45) is 0 Å². The Kier molecular flexibility index (Phi) is 1.64. The van der Waals surface area contributed by atoms with E-state index in [0.29, 0.717) is 0 Å². The van der Waals surface area contributed by atoms with Crippen molar-refractivity contribution in [1.29, 1.82) is 0 Å². The van der Waals surface area contributed by atoms with Crippen LogP contribution in [0.4, 0.5) is 0 Å². The fourth-order valence-electron chi connectivity index (χ4n) is 2.86. The molecule has 0 saturated heterocycles. The van der Waals surface area contributed by atoms with Crippen LogP contribution < -0.4 is 4.57 Å². The average molecular weight is 265 g/mol. The predicted octanol–water partition coefficient (Wildman–Crippen LogP) is 3.36. The number of oxazole rings is 1. The SMILES string of the molecule is c1ccc2c(c1)C[n+]1c-2oc2sc3ncccc3c21. The van der Waals surface area contributed by atoms with E-state index in [1.807, 2.05) is 12.3 Å². The first kappa shape index (κ1) is 9.69. The molecule has 0 amide bonds. The lowest BCUT2D eigenvalue weighted by Gasteiger charge is -1.88. The minimum absolute atomic E-state index is 0.888. The summed E-state index contributed by atoms with van der Waals surface area (Å²) in [6.45, 7) is 0.888. The number of fused-ring (bicyclic) bond motifs is 7. The molecule has 4 heterocycles. The number of benzene rings is 1. The van der Waals surface area contributed by atoms with Crippen molar-refractivity contribution in [1.82, 2.24) is 4.98 Å². The molecule has 0 unspecified atom stereocenters. The van der Waals surface area contributed by atoms with Gasteiger partial charge in [-0.25, -0.2) is 4.98 Å². The molecule has 0 N–H and O–H groups in total. The summed E-state index contributed by atoms with van der Waals surface area (Å²) in [4.78, 5) is 6.43. The fourth-order valence-corrected chi connectivity index (χ4v) is 3.86. The standard InChI is InChI=1S/C15H9N2OS/c1-2-5-10-9(4-1)8-17-12-11-6-3-7-16-13(11)19-15(12)18-14(10)17/h1-7H,8H2/q+1. The molecule has 0 saturated carbocycles. The monoisotopic (exact) mass is 265 g/mol. The smallest absolute Gasteiger partial charge is 0.383 e. The third kappa shape index (κ3) is 1.12. The second-order valence-electron chi connectivity index (χ2n) is 4.74. The van der Waals surface area contributed by atoms with Crippen molar-refractivity contribution in [3.8, 4) is 11.5 Å². The van der Waals surface area contributed by atoms with Gasteiger partial charge in [0.15, 0.2) is 6.54 Å². The summed E-state index contributed by atoms with van der Waals surface area (Å²) in [7, 11) is 0. The quantitative estimate of drug-likeness (QED) is 0.402. The van der Waals surface area contributed by atoms with Crippen LogP contribution >= 0.6 is 11.3 Å². The van der Waals surface area contributed by atoms with E-state index in [0.717, 1.165) is 22.2 Å². The van der Waals surface area contributed by atoms with Gasteiger partial charge in [-0.1, -0.05) is 29.5 Å². The van der Waals surface area contributed by atoms with Gasteiger partial charge in [-0.15, -0.1) is 0 Å². The number of aromatic nitrogens is 2. The third-order valence-electron chi connectivity index (χ3n) is 3.69. The zero-order chi connectivity index (χ0) is 12.4. The molecular formula is C15H9N2OS+. The van der Waals surface area contributed by atoms with Crippen LogP contribution in [0.1, 0.15) is 5.56 Å². The van der Waals surface area contributed by atoms with Crippen LogP contribution in [0.15, 0.2) is 47.0 Å². The third-order valence-corrected chi connectivity index (χ3v) is 4.67. The first-order valence-corrected chi connectivity index (χ1v) is 7.01. The van der Waals surface area contributed by atoms with Crippen molar-refractivity contribution in [2.45, 2.75) is 6.54 Å². The number of hydrogen-bond acceptors (Lipinski definition) is 3. The number of hydrogen-bond donors (Lipinski definition) is 0. The maximum atomic E-state index is 6.06. The molecule has 0 atom stereocenters. The molecule has 4 aromatic rings. The van der Waals surface area contributed by atoms with Crippen molar-refractivity contribution in [3.63, 3.8) is 0 Å². The van der Waals surface area contributed by atoms with Crippen LogP contribution in [0.3, 0.4) is 0 Å². The molecule has 0 spiro atoms. The van der Waals surface area contributed by atoms with Crippen LogP contribution in [0.25, 0.3) is 32.1 Å². The fraction of sp³-hybridized carbons (Fsp3) is 0.0667. The Morgan fingerprint density at radius 2 is 2.11 bits per heavy atom. The van der Waals surface area contributed by atoms with Gasteiger partial charge in [0.05, 0.1) is 10.9 Å². The Morgan fingerprint density at radius 1 is 1.16 bits per heavy atom. The van der Waals surface area contributed by atoms with E-state index in [-0.39, 0.29) is 0 Å². The molecular weight excluding hydrogens is 256 g/mol. The Balaban J connectivity index is 1.94. The summed E-state index contributed by atoms with van der Waals surface area (Å²) < 4.78 is 8.33. The van der Waals surface area contributed by atoms with Crippen LogP contribution in [-0.2, 0) is 6.54 Å². The lowest BCUT2D eigenvalue weighted by atomic mass is 10.1. The molecule has 1 aliphatic rings. The Hall–Kier alpha value is -2.20. The highest BCUT2D eigenvalue weighted by molar-refractivity contribution is 7.24. The lowest BCUT2D eigenvalue weighted by molar-refractivity contribution is -0.648. The van der Waals surface area contributed by atoms with Gasteiger partial charge in [0, 0.05) is 11.8 Å². The predicted molar refractivity (Wildman–Crippen MR) is 74.1 cm³/mol. The van der Waals surface area contributed by atoms with Gasteiger partial charge < -0.3 is 4.42 Å². The van der Waals surface area contributed by atoms with E-state index in [1.165, 1.54) is 22.0 Å². The zero-order valence-corrected chi connectivity index (χ0v) is 10.8. The minimum atomic E-state index is 0.888. The van der Waals surface area contributed by atoms with Gasteiger partial charge in [0.1, 0.15) is 4.83 Å². The zero-order valence-electron chi connectivity index (χ0n) is 9.96. The average Bonchev–Trinajstić information content (AvgIpc) is 3.05. The van der Waals surface area contributed by atoms with E-state index >= 15 is 0 Å². The van der Waals surface area contributed by atoms with Gasteiger partial charge in [0.2, 0.25) is 0 Å². The Bertz CT molecular complexity index is 951. The van der Waals surface area contributed by atoms with E-state index < -0.39 is 0 Å². The van der Waals surface area contributed by atoms with E-state index in [4.69, 9.17) is 4.42 Å². The maximum absolute atomic E-state index is 6.06. The molecule has 4 heteroatoms. The van der Waals surface area contributed by atoms with E-state index in [2.05, 4.69) is 39.9 Å². The van der Waals surface area contributed by atoms with Gasteiger partial charge in [-0.05, 0) is 18.2 Å². The van der Waals surface area contributed by atoms with E-state index in [9.17, 15) is 0 Å². The number of pyridine rings is 1. The van der Waals surface area contributed by atoms with Gasteiger partial charge >= 0.3 is 5.89 Å². The second-order valence-corrected chi connectivity index (χ2v) is 5.71. The molecule has 0 aliphatic carbocycles. The molecule has 1 aliphatic heterocycles. The van der Waals surface area contributed by atoms with Crippen molar-refractivity contribution < 1.29 is 8.98 Å². The highest BCUT2D eigenvalue weighted by Gasteiger charge is 2.35. The largest absolute Gasteiger partial charge is 0.386 e. The highest BCUT2D eigenvalue weighted by atomic mass is 32.1. The molecule has 0 fully saturated rings. The highest BCUT2D eigenvalue weighted by Crippen LogP contribution is 2.37. The molecule has 90 valence electrons. The minimum Gasteiger partial charge on any atom is -0.386 e. The summed E-state index contributed by atoms with van der Waals surface area (Å²) in [5.74, 6) is 0.975. The first-order valence-electron chi connectivity index (χ1n) is 6.20. The van der Waals surface area contributed by atoms with Gasteiger partial charge in [-0.3, -0.25) is 0 Å². The molecule has 3 aromatic heterocycles. The number of rotatable bonds is 0.